The van der Waals surface area contributed by atoms with E-state index in [0.717, 1.165) is 6.07 Å². The Kier molecular flexibility index (Phi) is 5.33. The number of rotatable bonds is 2. The van der Waals surface area contributed by atoms with Crippen LogP contribution in [0.3, 0.4) is 0 Å². The van der Waals surface area contributed by atoms with E-state index in [1.54, 1.807) is 0 Å². The monoisotopic (exact) mass is 287 g/mol. The Bertz CT molecular complexity index is 324. The maximum atomic E-state index is 12.8. The molecule has 0 aliphatic carbocycles. The van der Waals surface area contributed by atoms with E-state index in [9.17, 15) is 13.9 Å². The van der Waals surface area contributed by atoms with Crippen molar-refractivity contribution in [3.63, 3.8) is 0 Å². The molecule has 0 aliphatic heterocycles. The minimum absolute atomic E-state index is 0. The summed E-state index contributed by atoms with van der Waals surface area (Å²) in [5.74, 6) is -1.40. The number of phenolic OH excluding ortho intramolecular Hbond substituents is 1. The van der Waals surface area contributed by atoms with E-state index in [1.807, 2.05) is 0 Å². The lowest BCUT2D eigenvalue weighted by Gasteiger charge is -2.12. The van der Waals surface area contributed by atoms with Crippen LogP contribution >= 0.6 is 28.3 Å². The van der Waals surface area contributed by atoms with E-state index in [-0.39, 0.29) is 18.0 Å². The maximum Gasteiger partial charge on any atom is 0.165 e. The Morgan fingerprint density at radius 1 is 1.50 bits per heavy atom. The van der Waals surface area contributed by atoms with Crippen LogP contribution in [-0.2, 0) is 0 Å². The minimum atomic E-state index is -1.01. The fourth-order valence-electron chi connectivity index (χ4n) is 0.987. The molecule has 1 atom stereocenters. The second-order valence-corrected chi connectivity index (χ2v) is 3.41. The first-order valence-electron chi connectivity index (χ1n) is 3.56. The van der Waals surface area contributed by atoms with Crippen molar-refractivity contribution >= 4 is 28.3 Å². The molecule has 1 aromatic rings. The number of hydrogen-bond acceptors (Lipinski definition) is 2. The number of phenols is 1. The third-order valence-corrected chi connectivity index (χ3v) is 2.34. The van der Waals surface area contributed by atoms with Gasteiger partial charge >= 0.3 is 0 Å². The van der Waals surface area contributed by atoms with Crippen LogP contribution in [0.4, 0.5) is 8.78 Å². The molecule has 0 unspecified atom stereocenters. The van der Waals surface area contributed by atoms with Crippen molar-refractivity contribution in [1.29, 1.82) is 0 Å². The molecule has 0 aliphatic rings. The second kappa shape index (κ2) is 5.48. The molecule has 1 rings (SSSR count). The Labute approximate surface area is 94.6 Å². The van der Waals surface area contributed by atoms with Crippen molar-refractivity contribution in [2.24, 2.45) is 5.73 Å². The number of halogens is 4. The van der Waals surface area contributed by atoms with Crippen LogP contribution in [0.5, 0.6) is 5.75 Å². The van der Waals surface area contributed by atoms with E-state index < -0.39 is 24.3 Å². The summed E-state index contributed by atoms with van der Waals surface area (Å²) in [6.45, 7) is -0.852. The van der Waals surface area contributed by atoms with Crippen molar-refractivity contribution in [2.75, 3.05) is 6.67 Å². The topological polar surface area (TPSA) is 46.2 Å². The zero-order chi connectivity index (χ0) is 10.0. The summed E-state index contributed by atoms with van der Waals surface area (Å²) in [7, 11) is 0. The highest BCUT2D eigenvalue weighted by molar-refractivity contribution is 9.10. The van der Waals surface area contributed by atoms with E-state index >= 15 is 0 Å². The average Bonchev–Trinajstić information content (AvgIpc) is 2.12. The molecule has 1 aromatic carbocycles. The number of hydrogen-bond donors (Lipinski definition) is 2. The summed E-state index contributed by atoms with van der Waals surface area (Å²) in [5, 5.41) is 9.23. The molecule has 0 saturated heterocycles. The lowest BCUT2D eigenvalue weighted by Crippen LogP contribution is -2.13. The highest BCUT2D eigenvalue weighted by atomic mass is 79.9. The summed E-state index contributed by atoms with van der Waals surface area (Å²) in [5.41, 5.74) is 5.39. The molecule has 0 saturated carbocycles. The fourth-order valence-corrected chi connectivity index (χ4v) is 1.60. The molecule has 0 radical (unpaired) electrons. The first-order valence-corrected chi connectivity index (χ1v) is 4.35. The van der Waals surface area contributed by atoms with Gasteiger partial charge in [0.2, 0.25) is 0 Å². The Balaban J connectivity index is 0.00000169. The Morgan fingerprint density at radius 3 is 2.57 bits per heavy atom. The van der Waals surface area contributed by atoms with Crippen LogP contribution in [0.15, 0.2) is 16.6 Å². The maximum absolute atomic E-state index is 12.8. The van der Waals surface area contributed by atoms with Gasteiger partial charge in [-0.25, -0.2) is 8.78 Å². The number of nitrogens with two attached hydrogens (primary N) is 1. The third-order valence-electron chi connectivity index (χ3n) is 1.65. The molecule has 80 valence electrons. The SMILES string of the molecule is Cl.N[C@@H](CF)c1c(Br)ccc(F)c1O. The molecular weight excluding hydrogens is 279 g/mol. The molecule has 14 heavy (non-hydrogen) atoms. The van der Waals surface area contributed by atoms with Crippen LogP contribution < -0.4 is 5.73 Å². The Morgan fingerprint density at radius 2 is 2.07 bits per heavy atom. The zero-order valence-corrected chi connectivity index (χ0v) is 9.41. The van der Waals surface area contributed by atoms with Crippen molar-refractivity contribution in [3.05, 3.63) is 28.0 Å². The quantitative estimate of drug-likeness (QED) is 0.879. The van der Waals surface area contributed by atoms with Gasteiger partial charge in [0, 0.05) is 10.0 Å². The van der Waals surface area contributed by atoms with Gasteiger partial charge in [0.15, 0.2) is 11.6 Å². The lowest BCUT2D eigenvalue weighted by molar-refractivity contribution is 0.395. The van der Waals surface area contributed by atoms with Crippen LogP contribution in [0, 0.1) is 5.82 Å². The molecular formula is C8H9BrClF2NO. The van der Waals surface area contributed by atoms with Crippen LogP contribution in [0.1, 0.15) is 11.6 Å². The zero-order valence-electron chi connectivity index (χ0n) is 7.01. The molecule has 0 spiro atoms. The molecule has 0 amide bonds. The standard InChI is InChI=1S/C8H8BrF2NO.ClH/c9-4-1-2-5(11)8(13)7(4)6(12)3-10;/h1-2,6,13H,3,12H2;1H/t6-;/m0./s1. The van der Waals surface area contributed by atoms with Crippen molar-refractivity contribution < 1.29 is 13.9 Å². The summed E-state index contributed by atoms with van der Waals surface area (Å²) in [6.07, 6.45) is 0. The van der Waals surface area contributed by atoms with Gasteiger partial charge in [-0.1, -0.05) is 15.9 Å². The highest BCUT2D eigenvalue weighted by Crippen LogP contribution is 2.32. The fraction of sp³-hybridized carbons (Fsp3) is 0.250. The van der Waals surface area contributed by atoms with Gasteiger partial charge in [-0.3, -0.25) is 0 Å². The van der Waals surface area contributed by atoms with Crippen LogP contribution in [0.25, 0.3) is 0 Å². The summed E-state index contributed by atoms with van der Waals surface area (Å²) >= 11 is 3.05. The average molecular weight is 289 g/mol. The van der Waals surface area contributed by atoms with Gasteiger partial charge in [0.25, 0.3) is 0 Å². The third kappa shape index (κ3) is 2.56. The molecule has 6 heteroatoms. The predicted octanol–water partition coefficient (Wildman–Crippen LogP) is 2.68. The largest absolute Gasteiger partial charge is 0.505 e. The molecule has 0 heterocycles. The van der Waals surface area contributed by atoms with E-state index in [0.29, 0.717) is 4.47 Å². The Hall–Kier alpha value is -0.390. The van der Waals surface area contributed by atoms with Crippen molar-refractivity contribution in [2.45, 2.75) is 6.04 Å². The molecule has 3 N–H and O–H groups in total. The summed E-state index contributed by atoms with van der Waals surface area (Å²) < 4.78 is 25.4. The van der Waals surface area contributed by atoms with Gasteiger partial charge in [0.05, 0.1) is 6.04 Å². The molecule has 0 aromatic heterocycles. The van der Waals surface area contributed by atoms with E-state index in [2.05, 4.69) is 15.9 Å². The molecule has 2 nitrogen and oxygen atoms in total. The summed E-state index contributed by atoms with van der Waals surface area (Å²) in [4.78, 5) is 0. The van der Waals surface area contributed by atoms with E-state index in [1.165, 1.54) is 6.07 Å². The highest BCUT2D eigenvalue weighted by Gasteiger charge is 2.17. The van der Waals surface area contributed by atoms with Crippen LogP contribution in [-0.4, -0.2) is 11.8 Å². The number of alkyl halides is 1. The van der Waals surface area contributed by atoms with Gasteiger partial charge < -0.3 is 10.8 Å². The normalized spacial score (nSPS) is 12.0. The lowest BCUT2D eigenvalue weighted by atomic mass is 10.1. The van der Waals surface area contributed by atoms with Crippen LogP contribution in [0.2, 0.25) is 0 Å². The smallest absolute Gasteiger partial charge is 0.165 e. The van der Waals surface area contributed by atoms with Gasteiger partial charge in [-0.15, -0.1) is 12.4 Å². The van der Waals surface area contributed by atoms with Crippen molar-refractivity contribution in [1.82, 2.24) is 0 Å². The summed E-state index contributed by atoms with van der Waals surface area (Å²) in [6, 6.07) is 1.44. The molecule has 0 fully saturated rings. The predicted molar refractivity (Wildman–Crippen MR) is 55.9 cm³/mol. The minimum Gasteiger partial charge on any atom is -0.505 e. The number of aromatic hydroxyl groups is 1. The van der Waals surface area contributed by atoms with Crippen molar-refractivity contribution in [3.8, 4) is 5.75 Å². The first kappa shape index (κ1) is 13.6. The first-order chi connectivity index (χ1) is 6.07. The second-order valence-electron chi connectivity index (χ2n) is 2.55. The van der Waals surface area contributed by atoms with Gasteiger partial charge in [0.1, 0.15) is 6.67 Å². The number of benzene rings is 1. The van der Waals surface area contributed by atoms with Gasteiger partial charge in [-0.05, 0) is 12.1 Å². The van der Waals surface area contributed by atoms with Gasteiger partial charge in [-0.2, -0.15) is 0 Å². The van der Waals surface area contributed by atoms with E-state index in [4.69, 9.17) is 5.73 Å². The molecule has 0 bridgehead atoms.